The Morgan fingerprint density at radius 3 is 2.88 bits per heavy atom. The monoisotopic (exact) mass is 222 g/mol. The van der Waals surface area contributed by atoms with Crippen molar-refractivity contribution >= 4 is 0 Å². The van der Waals surface area contributed by atoms with Crippen molar-refractivity contribution in [2.45, 2.75) is 32.6 Å². The minimum absolute atomic E-state index is 0.288. The SMILES string of the molecule is C=CCc1ccc(F)c(OCCCCC)c1. The van der Waals surface area contributed by atoms with Crippen LogP contribution in [0.3, 0.4) is 0 Å². The second kappa shape index (κ2) is 7.04. The summed E-state index contributed by atoms with van der Waals surface area (Å²) in [4.78, 5) is 0. The molecule has 0 aliphatic heterocycles. The summed E-state index contributed by atoms with van der Waals surface area (Å²) in [5.74, 6) is 0.0692. The molecule has 0 unspecified atom stereocenters. The molecule has 0 aliphatic rings. The maximum absolute atomic E-state index is 13.4. The summed E-state index contributed by atoms with van der Waals surface area (Å²) in [7, 11) is 0. The molecule has 1 nitrogen and oxygen atoms in total. The van der Waals surface area contributed by atoms with Crippen LogP contribution in [0, 0.1) is 5.82 Å². The van der Waals surface area contributed by atoms with Crippen molar-refractivity contribution in [2.75, 3.05) is 6.61 Å². The van der Waals surface area contributed by atoms with Gasteiger partial charge < -0.3 is 4.74 Å². The van der Waals surface area contributed by atoms with Crippen molar-refractivity contribution in [1.29, 1.82) is 0 Å². The molecule has 0 bridgehead atoms. The first-order valence-corrected chi connectivity index (χ1v) is 5.80. The average molecular weight is 222 g/mol. The normalized spacial score (nSPS) is 10.1. The van der Waals surface area contributed by atoms with Gasteiger partial charge in [0.1, 0.15) is 0 Å². The van der Waals surface area contributed by atoms with E-state index in [1.54, 1.807) is 18.2 Å². The van der Waals surface area contributed by atoms with Gasteiger partial charge in [0.25, 0.3) is 0 Å². The zero-order chi connectivity index (χ0) is 11.8. The molecule has 0 aromatic heterocycles. The molecule has 0 saturated heterocycles. The molecule has 0 amide bonds. The van der Waals surface area contributed by atoms with Gasteiger partial charge in [-0.25, -0.2) is 4.39 Å². The molecular formula is C14H19FO. The first kappa shape index (κ1) is 12.8. The lowest BCUT2D eigenvalue weighted by Crippen LogP contribution is -1.99. The molecule has 88 valence electrons. The van der Waals surface area contributed by atoms with Crippen LogP contribution in [0.2, 0.25) is 0 Å². The van der Waals surface area contributed by atoms with Crippen LogP contribution in [0.25, 0.3) is 0 Å². The molecule has 0 N–H and O–H groups in total. The highest BCUT2D eigenvalue weighted by molar-refractivity contribution is 5.31. The number of hydrogen-bond donors (Lipinski definition) is 0. The zero-order valence-corrected chi connectivity index (χ0v) is 9.84. The number of ether oxygens (including phenoxy) is 1. The summed E-state index contributed by atoms with van der Waals surface area (Å²) < 4.78 is 18.8. The van der Waals surface area contributed by atoms with Gasteiger partial charge >= 0.3 is 0 Å². The molecule has 1 aromatic rings. The van der Waals surface area contributed by atoms with E-state index in [1.807, 2.05) is 0 Å². The van der Waals surface area contributed by atoms with E-state index in [9.17, 15) is 4.39 Å². The molecule has 2 heteroatoms. The minimum atomic E-state index is -0.288. The van der Waals surface area contributed by atoms with Crippen molar-refractivity contribution in [3.63, 3.8) is 0 Å². The Balaban J connectivity index is 2.55. The number of benzene rings is 1. The molecule has 0 atom stereocenters. The molecule has 0 fully saturated rings. The van der Waals surface area contributed by atoms with E-state index < -0.39 is 0 Å². The maximum atomic E-state index is 13.4. The summed E-state index contributed by atoms with van der Waals surface area (Å²) in [6.45, 7) is 6.38. The predicted molar refractivity (Wildman–Crippen MR) is 65.3 cm³/mol. The van der Waals surface area contributed by atoms with Gasteiger partial charge in [0.15, 0.2) is 11.6 Å². The van der Waals surface area contributed by atoms with Gasteiger partial charge in [-0.2, -0.15) is 0 Å². The van der Waals surface area contributed by atoms with E-state index in [2.05, 4.69) is 13.5 Å². The largest absolute Gasteiger partial charge is 0.491 e. The van der Waals surface area contributed by atoms with Gasteiger partial charge in [0.05, 0.1) is 6.61 Å². The second-order valence-corrected chi connectivity index (χ2v) is 3.81. The van der Waals surface area contributed by atoms with Gasteiger partial charge in [-0.1, -0.05) is 31.9 Å². The summed E-state index contributed by atoms with van der Waals surface area (Å²) in [5, 5.41) is 0. The van der Waals surface area contributed by atoms with E-state index in [-0.39, 0.29) is 5.82 Å². The van der Waals surface area contributed by atoms with Gasteiger partial charge in [0, 0.05) is 0 Å². The van der Waals surface area contributed by atoms with Gasteiger partial charge in [-0.15, -0.1) is 6.58 Å². The van der Waals surface area contributed by atoms with Crippen LogP contribution in [0.5, 0.6) is 5.75 Å². The first-order valence-electron chi connectivity index (χ1n) is 5.80. The smallest absolute Gasteiger partial charge is 0.165 e. The molecule has 1 aromatic carbocycles. The van der Waals surface area contributed by atoms with E-state index in [4.69, 9.17) is 4.74 Å². The maximum Gasteiger partial charge on any atom is 0.165 e. The topological polar surface area (TPSA) is 9.23 Å². The number of allylic oxidation sites excluding steroid dienone is 1. The standard InChI is InChI=1S/C14H19FO/c1-3-5-6-10-16-14-11-12(7-4-2)8-9-13(14)15/h4,8-9,11H,2-3,5-7,10H2,1H3. The van der Waals surface area contributed by atoms with Crippen molar-refractivity contribution < 1.29 is 9.13 Å². The fourth-order valence-corrected chi connectivity index (χ4v) is 1.49. The lowest BCUT2D eigenvalue weighted by molar-refractivity contribution is 0.291. The molecule has 16 heavy (non-hydrogen) atoms. The highest BCUT2D eigenvalue weighted by atomic mass is 19.1. The van der Waals surface area contributed by atoms with Gasteiger partial charge in [-0.3, -0.25) is 0 Å². The predicted octanol–water partition coefficient (Wildman–Crippen LogP) is 4.12. The van der Waals surface area contributed by atoms with Crippen LogP contribution < -0.4 is 4.74 Å². The van der Waals surface area contributed by atoms with E-state index >= 15 is 0 Å². The Hall–Kier alpha value is -1.31. The first-order chi connectivity index (χ1) is 7.77. The fraction of sp³-hybridized carbons (Fsp3) is 0.429. The van der Waals surface area contributed by atoms with Crippen molar-refractivity contribution in [3.8, 4) is 5.75 Å². The van der Waals surface area contributed by atoms with Gasteiger partial charge in [-0.05, 0) is 30.5 Å². The molecule has 0 radical (unpaired) electrons. The summed E-state index contributed by atoms with van der Waals surface area (Å²) in [5.41, 5.74) is 1.03. The van der Waals surface area contributed by atoms with Crippen molar-refractivity contribution in [1.82, 2.24) is 0 Å². The minimum Gasteiger partial charge on any atom is -0.491 e. The lowest BCUT2D eigenvalue weighted by Gasteiger charge is -2.08. The molecule has 1 rings (SSSR count). The Kier molecular flexibility index (Phi) is 5.62. The third-order valence-electron chi connectivity index (χ3n) is 2.38. The number of unbranched alkanes of at least 4 members (excludes halogenated alkanes) is 2. The molecule has 0 saturated carbocycles. The van der Waals surface area contributed by atoms with Crippen LogP contribution >= 0.6 is 0 Å². The number of halogens is 1. The summed E-state index contributed by atoms with van der Waals surface area (Å²) >= 11 is 0. The zero-order valence-electron chi connectivity index (χ0n) is 9.84. The Bertz CT molecular complexity index is 334. The lowest BCUT2D eigenvalue weighted by atomic mass is 10.1. The third kappa shape index (κ3) is 4.05. The molecule has 0 aliphatic carbocycles. The highest BCUT2D eigenvalue weighted by Gasteiger charge is 2.03. The van der Waals surface area contributed by atoms with Crippen LogP contribution in [0.1, 0.15) is 31.7 Å². The molecular weight excluding hydrogens is 203 g/mol. The Morgan fingerprint density at radius 2 is 2.19 bits per heavy atom. The van der Waals surface area contributed by atoms with Crippen LogP contribution in [-0.2, 0) is 6.42 Å². The Morgan fingerprint density at radius 1 is 1.38 bits per heavy atom. The summed E-state index contributed by atoms with van der Waals surface area (Å²) in [6.07, 6.45) is 5.78. The van der Waals surface area contributed by atoms with E-state index in [0.717, 1.165) is 31.2 Å². The quantitative estimate of drug-likeness (QED) is 0.498. The highest BCUT2D eigenvalue weighted by Crippen LogP contribution is 2.19. The Labute approximate surface area is 96.9 Å². The average Bonchev–Trinajstić information content (AvgIpc) is 2.29. The molecule has 0 heterocycles. The van der Waals surface area contributed by atoms with Crippen molar-refractivity contribution in [2.24, 2.45) is 0 Å². The van der Waals surface area contributed by atoms with Crippen LogP contribution in [-0.4, -0.2) is 6.61 Å². The third-order valence-corrected chi connectivity index (χ3v) is 2.38. The number of rotatable bonds is 7. The summed E-state index contributed by atoms with van der Waals surface area (Å²) in [6, 6.07) is 4.97. The van der Waals surface area contributed by atoms with Gasteiger partial charge in [0.2, 0.25) is 0 Å². The number of hydrogen-bond acceptors (Lipinski definition) is 1. The van der Waals surface area contributed by atoms with E-state index in [0.29, 0.717) is 12.4 Å². The molecule has 0 spiro atoms. The van der Waals surface area contributed by atoms with Crippen LogP contribution in [0.15, 0.2) is 30.9 Å². The second-order valence-electron chi connectivity index (χ2n) is 3.81. The fourth-order valence-electron chi connectivity index (χ4n) is 1.49. The van der Waals surface area contributed by atoms with E-state index in [1.165, 1.54) is 6.07 Å². The van der Waals surface area contributed by atoms with Crippen molar-refractivity contribution in [3.05, 3.63) is 42.2 Å². The van der Waals surface area contributed by atoms with Crippen LogP contribution in [0.4, 0.5) is 4.39 Å².